The molecule has 0 bridgehead atoms. The first-order chi connectivity index (χ1) is 11.6. The third-order valence-electron chi connectivity index (χ3n) is 4.31. The molecule has 1 unspecified atom stereocenters. The fraction of sp³-hybridized carbons (Fsp3) is 0.182. The van der Waals surface area contributed by atoms with Gasteiger partial charge in [0.2, 0.25) is 0 Å². The maximum absolute atomic E-state index is 12.8. The first-order valence-corrected chi connectivity index (χ1v) is 8.12. The minimum absolute atomic E-state index is 0.0321. The quantitative estimate of drug-likeness (QED) is 0.627. The maximum atomic E-state index is 12.8. The van der Waals surface area contributed by atoms with Crippen LogP contribution in [0.5, 0.6) is 0 Å². The summed E-state index contributed by atoms with van der Waals surface area (Å²) in [5.41, 5.74) is 5.09. The van der Waals surface area contributed by atoms with Crippen LogP contribution >= 0.6 is 0 Å². The molecule has 1 aromatic heterocycles. The average Bonchev–Trinajstić information content (AvgIpc) is 2.61. The molecule has 119 valence electrons. The van der Waals surface area contributed by atoms with E-state index in [2.05, 4.69) is 36.2 Å². The van der Waals surface area contributed by atoms with Crippen molar-refractivity contribution in [2.75, 3.05) is 0 Å². The second kappa shape index (κ2) is 7.22. The molecular formula is C22H20NO. The monoisotopic (exact) mass is 314 g/mol. The van der Waals surface area contributed by atoms with Crippen molar-refractivity contribution in [3.63, 3.8) is 0 Å². The molecule has 0 N–H and O–H groups in total. The van der Waals surface area contributed by atoms with Crippen molar-refractivity contribution in [1.82, 2.24) is 4.98 Å². The van der Waals surface area contributed by atoms with Crippen molar-refractivity contribution in [3.8, 4) is 0 Å². The van der Waals surface area contributed by atoms with E-state index in [4.69, 9.17) is 0 Å². The van der Waals surface area contributed by atoms with Crippen LogP contribution in [0.25, 0.3) is 0 Å². The van der Waals surface area contributed by atoms with Crippen molar-refractivity contribution in [2.24, 2.45) is 0 Å². The molecule has 0 aliphatic carbocycles. The summed E-state index contributed by atoms with van der Waals surface area (Å²) in [7, 11) is 0. The number of aromatic nitrogens is 1. The smallest absolute Gasteiger partial charge is 0.163 e. The van der Waals surface area contributed by atoms with Crippen LogP contribution in [0.3, 0.4) is 0 Å². The van der Waals surface area contributed by atoms with Gasteiger partial charge in [0.05, 0.1) is 0 Å². The van der Waals surface area contributed by atoms with E-state index in [-0.39, 0.29) is 11.7 Å². The maximum Gasteiger partial charge on any atom is 0.163 e. The summed E-state index contributed by atoms with van der Waals surface area (Å²) in [5, 5.41) is 0. The highest BCUT2D eigenvalue weighted by Crippen LogP contribution is 2.31. The van der Waals surface area contributed by atoms with Crippen LogP contribution in [-0.4, -0.2) is 10.8 Å². The minimum Gasteiger partial charge on any atom is -0.294 e. The molecule has 3 aromatic rings. The fourth-order valence-electron chi connectivity index (χ4n) is 3.03. The van der Waals surface area contributed by atoms with Gasteiger partial charge < -0.3 is 0 Å². The van der Waals surface area contributed by atoms with Crippen molar-refractivity contribution in [2.45, 2.75) is 26.2 Å². The van der Waals surface area contributed by atoms with Crippen LogP contribution < -0.4 is 0 Å². The summed E-state index contributed by atoms with van der Waals surface area (Å²) in [4.78, 5) is 17.0. The molecule has 3 rings (SSSR count). The number of ketones is 1. The Labute approximate surface area is 143 Å². The van der Waals surface area contributed by atoms with Crippen LogP contribution in [-0.2, 0) is 0 Å². The highest BCUT2D eigenvalue weighted by atomic mass is 16.1. The number of Topliss-reactive ketones (excluding diaryl/α,β-unsaturated/α-hetero) is 1. The molecule has 2 aromatic carbocycles. The van der Waals surface area contributed by atoms with E-state index < -0.39 is 0 Å². The van der Waals surface area contributed by atoms with Crippen LogP contribution in [0.2, 0.25) is 0 Å². The lowest BCUT2D eigenvalue weighted by atomic mass is 9.84. The fourth-order valence-corrected chi connectivity index (χ4v) is 3.03. The number of rotatable bonds is 5. The number of carbonyl (C=O) groups is 1. The van der Waals surface area contributed by atoms with Crippen molar-refractivity contribution in [3.05, 3.63) is 101 Å². The molecule has 0 spiro atoms. The summed E-state index contributed by atoms with van der Waals surface area (Å²) >= 11 is 0. The standard InChI is InChI=1S/C22H20NO/c1-16-8-6-7-11-20(16)21(18-9-4-3-5-10-18)15-22(24)19-12-13-23-17(2)14-19/h3-4,6-14,21H,15H2,1-2H3. The van der Waals surface area contributed by atoms with E-state index in [1.165, 1.54) is 11.1 Å². The lowest BCUT2D eigenvalue weighted by Gasteiger charge is -2.19. The topological polar surface area (TPSA) is 30.0 Å². The Morgan fingerprint density at radius 2 is 1.96 bits per heavy atom. The van der Waals surface area contributed by atoms with Crippen LogP contribution in [0.1, 0.15) is 45.1 Å². The largest absolute Gasteiger partial charge is 0.294 e. The first-order valence-electron chi connectivity index (χ1n) is 8.12. The second-order valence-electron chi connectivity index (χ2n) is 6.06. The Balaban J connectivity index is 1.97. The van der Waals surface area contributed by atoms with E-state index in [1.54, 1.807) is 12.3 Å². The minimum atomic E-state index is 0.0321. The van der Waals surface area contributed by atoms with Crippen molar-refractivity contribution < 1.29 is 4.79 Å². The number of pyridine rings is 1. The molecule has 0 aliphatic heterocycles. The van der Waals surface area contributed by atoms with Crippen LogP contribution in [0.15, 0.2) is 66.9 Å². The molecule has 1 heterocycles. The zero-order valence-corrected chi connectivity index (χ0v) is 14.0. The second-order valence-corrected chi connectivity index (χ2v) is 6.06. The predicted octanol–water partition coefficient (Wildman–Crippen LogP) is 4.90. The number of hydrogen-bond acceptors (Lipinski definition) is 2. The van der Waals surface area contributed by atoms with Gasteiger partial charge in [0.15, 0.2) is 5.78 Å². The molecule has 1 atom stereocenters. The van der Waals surface area contributed by atoms with Gasteiger partial charge >= 0.3 is 0 Å². The molecule has 2 nitrogen and oxygen atoms in total. The van der Waals surface area contributed by atoms with Gasteiger partial charge in [0.1, 0.15) is 0 Å². The third-order valence-corrected chi connectivity index (χ3v) is 4.31. The van der Waals surface area contributed by atoms with Gasteiger partial charge in [-0.15, -0.1) is 0 Å². The molecule has 0 amide bonds. The van der Waals surface area contributed by atoms with Gasteiger partial charge in [-0.1, -0.05) is 48.5 Å². The number of carbonyl (C=O) groups excluding carboxylic acids is 1. The molecule has 0 aliphatic rings. The zero-order chi connectivity index (χ0) is 16.9. The summed E-state index contributed by atoms with van der Waals surface area (Å²) in [6, 6.07) is 22.9. The van der Waals surface area contributed by atoms with Crippen LogP contribution in [0.4, 0.5) is 0 Å². The van der Waals surface area contributed by atoms with Crippen molar-refractivity contribution in [1.29, 1.82) is 0 Å². The van der Waals surface area contributed by atoms with E-state index in [0.717, 1.165) is 16.8 Å². The zero-order valence-electron chi connectivity index (χ0n) is 14.0. The first kappa shape index (κ1) is 16.1. The van der Waals surface area contributed by atoms with Crippen LogP contribution in [0, 0.1) is 19.9 Å². The Bertz CT molecular complexity index is 839. The summed E-state index contributed by atoms with van der Waals surface area (Å²) < 4.78 is 0. The molecule has 24 heavy (non-hydrogen) atoms. The Kier molecular flexibility index (Phi) is 4.85. The van der Waals surface area contributed by atoms with Gasteiger partial charge in [0, 0.05) is 29.8 Å². The van der Waals surface area contributed by atoms with Gasteiger partial charge in [-0.2, -0.15) is 0 Å². The van der Waals surface area contributed by atoms with Gasteiger partial charge in [0.25, 0.3) is 0 Å². The lowest BCUT2D eigenvalue weighted by molar-refractivity contribution is 0.0977. The normalized spacial score (nSPS) is 11.9. The Morgan fingerprint density at radius 1 is 1.12 bits per heavy atom. The predicted molar refractivity (Wildman–Crippen MR) is 96.2 cm³/mol. The van der Waals surface area contributed by atoms with Gasteiger partial charge in [-0.25, -0.2) is 0 Å². The number of benzene rings is 2. The van der Waals surface area contributed by atoms with Gasteiger partial charge in [-0.05, 0) is 48.7 Å². The summed E-state index contributed by atoms with van der Waals surface area (Å²) in [6.07, 6.45) is 2.13. The molecule has 0 fully saturated rings. The highest BCUT2D eigenvalue weighted by molar-refractivity contribution is 5.96. The molecule has 0 saturated heterocycles. The van der Waals surface area contributed by atoms with Gasteiger partial charge in [-0.3, -0.25) is 9.78 Å². The number of nitrogens with zero attached hydrogens (tertiary/aromatic N) is 1. The van der Waals surface area contributed by atoms with E-state index >= 15 is 0 Å². The highest BCUT2D eigenvalue weighted by Gasteiger charge is 2.20. The molecule has 1 radical (unpaired) electrons. The summed E-state index contributed by atoms with van der Waals surface area (Å²) in [5.74, 6) is 0.169. The number of hydrogen-bond donors (Lipinski definition) is 0. The SMILES string of the molecule is Cc1cc(C(=O)CC(c2c[c]ccc2)c2ccccc2C)ccn1. The van der Waals surface area contributed by atoms with E-state index in [9.17, 15) is 4.79 Å². The Hall–Kier alpha value is -2.74. The number of aryl methyl sites for hydroxylation is 2. The molecular weight excluding hydrogens is 294 g/mol. The molecule has 2 heteroatoms. The lowest BCUT2D eigenvalue weighted by Crippen LogP contribution is -2.10. The average molecular weight is 314 g/mol. The third kappa shape index (κ3) is 3.60. The van der Waals surface area contributed by atoms with E-state index in [0.29, 0.717) is 6.42 Å². The van der Waals surface area contributed by atoms with E-state index in [1.807, 2.05) is 43.3 Å². The molecule has 0 saturated carbocycles. The summed E-state index contributed by atoms with van der Waals surface area (Å²) in [6.45, 7) is 4.00. The van der Waals surface area contributed by atoms with Crippen molar-refractivity contribution >= 4 is 5.78 Å². The Morgan fingerprint density at radius 3 is 2.67 bits per heavy atom.